The van der Waals surface area contributed by atoms with Gasteiger partial charge >= 0.3 is 0 Å². The molecule has 2 amide bonds. The minimum Gasteiger partial charge on any atom is -0.379 e. The largest absolute Gasteiger partial charge is 0.379 e. The van der Waals surface area contributed by atoms with E-state index in [0.29, 0.717) is 29.3 Å². The number of morpholine rings is 1. The smallest absolute Gasteiger partial charge is 0.255 e. The molecule has 3 rings (SSSR count). The third-order valence-electron chi connectivity index (χ3n) is 5.29. The van der Waals surface area contributed by atoms with Crippen molar-refractivity contribution in [2.45, 2.75) is 26.3 Å². The molecular formula is C24H30FN3O3. The number of halogens is 1. The highest BCUT2D eigenvalue weighted by Crippen LogP contribution is 2.15. The summed E-state index contributed by atoms with van der Waals surface area (Å²) in [7, 11) is 0. The van der Waals surface area contributed by atoms with Gasteiger partial charge in [-0.05, 0) is 54.8 Å². The van der Waals surface area contributed by atoms with Crippen molar-refractivity contribution in [3.8, 4) is 0 Å². The molecule has 1 aliphatic heterocycles. The number of amides is 2. The predicted octanol–water partition coefficient (Wildman–Crippen LogP) is 3.55. The summed E-state index contributed by atoms with van der Waals surface area (Å²) in [5.41, 5.74) is 1.33. The van der Waals surface area contributed by atoms with Crippen molar-refractivity contribution in [2.75, 3.05) is 38.2 Å². The minimum absolute atomic E-state index is 0.181. The Hall–Kier alpha value is -2.77. The van der Waals surface area contributed by atoms with Crippen LogP contribution in [0.4, 0.5) is 10.1 Å². The van der Waals surface area contributed by atoms with Crippen LogP contribution in [0.2, 0.25) is 0 Å². The average molecular weight is 428 g/mol. The molecule has 2 N–H and O–H groups in total. The maximum atomic E-state index is 13.1. The van der Waals surface area contributed by atoms with E-state index in [2.05, 4.69) is 29.4 Å². The maximum Gasteiger partial charge on any atom is 0.255 e. The van der Waals surface area contributed by atoms with Crippen LogP contribution in [-0.2, 0) is 4.74 Å². The second-order valence-electron chi connectivity index (χ2n) is 8.18. The van der Waals surface area contributed by atoms with Gasteiger partial charge in [-0.2, -0.15) is 0 Å². The maximum absolute atomic E-state index is 13.1. The van der Waals surface area contributed by atoms with Crippen molar-refractivity contribution < 1.29 is 18.7 Å². The van der Waals surface area contributed by atoms with Gasteiger partial charge in [0.15, 0.2) is 0 Å². The van der Waals surface area contributed by atoms with Gasteiger partial charge in [0.1, 0.15) is 5.82 Å². The van der Waals surface area contributed by atoms with E-state index in [1.165, 1.54) is 24.3 Å². The number of rotatable bonds is 8. The summed E-state index contributed by atoms with van der Waals surface area (Å²) in [5, 5.41) is 5.80. The van der Waals surface area contributed by atoms with Crippen molar-refractivity contribution >= 4 is 17.5 Å². The van der Waals surface area contributed by atoms with Crippen molar-refractivity contribution in [3.63, 3.8) is 0 Å². The topological polar surface area (TPSA) is 70.7 Å². The van der Waals surface area contributed by atoms with Gasteiger partial charge in [-0.3, -0.25) is 14.5 Å². The summed E-state index contributed by atoms with van der Waals surface area (Å²) >= 11 is 0. The number of carbonyl (C=O) groups is 2. The lowest BCUT2D eigenvalue weighted by Gasteiger charge is -2.35. The number of ether oxygens (including phenoxy) is 1. The zero-order valence-corrected chi connectivity index (χ0v) is 18.1. The van der Waals surface area contributed by atoms with Gasteiger partial charge in [0.2, 0.25) is 0 Å². The molecule has 6 nitrogen and oxygen atoms in total. The fourth-order valence-electron chi connectivity index (χ4n) is 3.70. The Labute approximate surface area is 182 Å². The Balaban J connectivity index is 1.60. The van der Waals surface area contributed by atoms with Crippen molar-refractivity contribution in [2.24, 2.45) is 5.92 Å². The van der Waals surface area contributed by atoms with Crippen LogP contribution in [0.3, 0.4) is 0 Å². The second-order valence-corrected chi connectivity index (χ2v) is 8.18. The van der Waals surface area contributed by atoms with E-state index in [1.54, 1.807) is 24.3 Å². The highest BCUT2D eigenvalue weighted by atomic mass is 19.1. The summed E-state index contributed by atoms with van der Waals surface area (Å²) in [4.78, 5) is 27.5. The monoisotopic (exact) mass is 427 g/mol. The van der Waals surface area contributed by atoms with E-state index in [0.717, 1.165) is 32.7 Å². The van der Waals surface area contributed by atoms with Gasteiger partial charge in [-0.25, -0.2) is 4.39 Å². The molecule has 0 aliphatic carbocycles. The molecule has 166 valence electrons. The van der Waals surface area contributed by atoms with Crippen molar-refractivity contribution in [3.05, 3.63) is 65.5 Å². The second kappa shape index (κ2) is 11.0. The average Bonchev–Trinajstić information content (AvgIpc) is 2.77. The molecule has 1 atom stereocenters. The van der Waals surface area contributed by atoms with Gasteiger partial charge in [0.05, 0.1) is 13.2 Å². The van der Waals surface area contributed by atoms with Gasteiger partial charge in [0.25, 0.3) is 11.8 Å². The molecule has 0 saturated carbocycles. The summed E-state index contributed by atoms with van der Waals surface area (Å²) in [5.74, 6) is -0.417. The zero-order valence-electron chi connectivity index (χ0n) is 18.1. The van der Waals surface area contributed by atoms with Gasteiger partial charge in [0, 0.05) is 42.5 Å². The lowest BCUT2D eigenvalue weighted by molar-refractivity contribution is 0.0124. The predicted molar refractivity (Wildman–Crippen MR) is 119 cm³/mol. The molecule has 1 fully saturated rings. The van der Waals surface area contributed by atoms with E-state index in [4.69, 9.17) is 4.74 Å². The number of benzene rings is 2. The summed E-state index contributed by atoms with van der Waals surface area (Å²) in [6.45, 7) is 8.11. The Morgan fingerprint density at radius 1 is 1.03 bits per heavy atom. The fourth-order valence-corrected chi connectivity index (χ4v) is 3.70. The van der Waals surface area contributed by atoms with Crippen LogP contribution >= 0.6 is 0 Å². The van der Waals surface area contributed by atoms with Crippen LogP contribution in [0.15, 0.2) is 48.5 Å². The van der Waals surface area contributed by atoms with E-state index in [-0.39, 0.29) is 17.9 Å². The van der Waals surface area contributed by atoms with Crippen LogP contribution in [0, 0.1) is 11.7 Å². The molecule has 0 spiro atoms. The number of hydrogen-bond acceptors (Lipinski definition) is 4. The molecule has 1 unspecified atom stereocenters. The molecule has 31 heavy (non-hydrogen) atoms. The number of anilines is 1. The Bertz CT molecular complexity index is 880. The van der Waals surface area contributed by atoms with Crippen LogP contribution in [0.25, 0.3) is 0 Å². The van der Waals surface area contributed by atoms with Crippen LogP contribution in [0.5, 0.6) is 0 Å². The molecule has 0 aromatic heterocycles. The molecule has 0 radical (unpaired) electrons. The van der Waals surface area contributed by atoms with Crippen molar-refractivity contribution in [1.29, 1.82) is 0 Å². The van der Waals surface area contributed by atoms with Gasteiger partial charge in [-0.15, -0.1) is 0 Å². The minimum atomic E-state index is -0.400. The highest BCUT2D eigenvalue weighted by molar-refractivity contribution is 6.05. The Kier molecular flexibility index (Phi) is 8.14. The summed E-state index contributed by atoms with van der Waals surface area (Å²) < 4.78 is 18.5. The van der Waals surface area contributed by atoms with Crippen LogP contribution in [-0.4, -0.2) is 55.6 Å². The first-order chi connectivity index (χ1) is 14.9. The van der Waals surface area contributed by atoms with Crippen LogP contribution < -0.4 is 10.6 Å². The summed E-state index contributed by atoms with van der Waals surface area (Å²) in [6, 6.07) is 12.4. The Morgan fingerprint density at radius 3 is 2.42 bits per heavy atom. The van der Waals surface area contributed by atoms with E-state index in [1.807, 2.05) is 0 Å². The van der Waals surface area contributed by atoms with Gasteiger partial charge < -0.3 is 15.4 Å². The molecule has 2 aromatic carbocycles. The third kappa shape index (κ3) is 6.87. The van der Waals surface area contributed by atoms with Crippen LogP contribution in [0.1, 0.15) is 41.0 Å². The number of carbonyl (C=O) groups excluding carboxylic acids is 2. The third-order valence-corrected chi connectivity index (χ3v) is 5.29. The number of nitrogens with one attached hydrogen (secondary N) is 2. The lowest BCUT2D eigenvalue weighted by atomic mass is 10.0. The molecular weight excluding hydrogens is 397 g/mol. The molecule has 0 bridgehead atoms. The fraction of sp³-hybridized carbons (Fsp3) is 0.417. The SMILES string of the molecule is CC(C)CC(CNC(=O)c1cccc(NC(=O)c2ccc(F)cc2)c1)N1CCOCC1. The van der Waals surface area contributed by atoms with Gasteiger partial charge in [-0.1, -0.05) is 19.9 Å². The molecule has 2 aromatic rings. The molecule has 1 aliphatic rings. The first kappa shape index (κ1) is 22.9. The summed E-state index contributed by atoms with van der Waals surface area (Å²) in [6.07, 6.45) is 0.994. The van der Waals surface area contributed by atoms with E-state index in [9.17, 15) is 14.0 Å². The van der Waals surface area contributed by atoms with E-state index >= 15 is 0 Å². The Morgan fingerprint density at radius 2 is 1.74 bits per heavy atom. The number of nitrogens with zero attached hydrogens (tertiary/aromatic N) is 1. The lowest BCUT2D eigenvalue weighted by Crippen LogP contribution is -2.49. The molecule has 1 saturated heterocycles. The normalized spacial score (nSPS) is 15.5. The first-order valence-electron chi connectivity index (χ1n) is 10.7. The standard InChI is InChI=1S/C24H30FN3O3/c1-17(2)14-22(28-10-12-31-13-11-28)16-26-23(29)19-4-3-5-21(15-19)27-24(30)18-6-8-20(25)9-7-18/h3-9,15,17,22H,10-14,16H2,1-2H3,(H,26,29)(H,27,30). The molecule has 7 heteroatoms. The number of hydrogen-bond donors (Lipinski definition) is 2. The quantitative estimate of drug-likeness (QED) is 0.676. The van der Waals surface area contributed by atoms with Crippen molar-refractivity contribution in [1.82, 2.24) is 10.2 Å². The first-order valence-corrected chi connectivity index (χ1v) is 10.7. The zero-order chi connectivity index (χ0) is 22.2. The molecule has 1 heterocycles. The van der Waals surface area contributed by atoms with E-state index < -0.39 is 5.82 Å². The highest BCUT2D eigenvalue weighted by Gasteiger charge is 2.22.